The first-order valence-electron chi connectivity index (χ1n) is 5.19. The minimum Gasteiger partial charge on any atom is -0.462 e. The van der Waals surface area contributed by atoms with Crippen molar-refractivity contribution in [2.24, 2.45) is 11.8 Å². The molecule has 0 aromatic rings. The summed E-state index contributed by atoms with van der Waals surface area (Å²) in [7, 11) is 1.20. The maximum Gasteiger partial charge on any atom is 0.396 e. The van der Waals surface area contributed by atoms with Gasteiger partial charge in [-0.25, -0.2) is 4.79 Å². The van der Waals surface area contributed by atoms with E-state index in [4.69, 9.17) is 4.74 Å². The molecule has 2 aliphatic rings. The first-order valence-corrected chi connectivity index (χ1v) is 5.19. The first-order chi connectivity index (χ1) is 7.22. The molecular weight excluding hydrogens is 198 g/mol. The fraction of sp³-hybridized carbons (Fsp3) is 0.800. The van der Waals surface area contributed by atoms with Crippen LogP contribution in [0.25, 0.3) is 0 Å². The largest absolute Gasteiger partial charge is 0.462 e. The van der Waals surface area contributed by atoms with Crippen molar-refractivity contribution in [2.75, 3.05) is 20.3 Å². The van der Waals surface area contributed by atoms with E-state index in [1.807, 2.05) is 0 Å². The first kappa shape index (κ1) is 10.4. The van der Waals surface area contributed by atoms with E-state index in [0.29, 0.717) is 25.0 Å². The predicted molar refractivity (Wildman–Crippen MR) is 51.0 cm³/mol. The number of carbonyl (C=O) groups excluding carboxylic acids is 2. The van der Waals surface area contributed by atoms with Gasteiger partial charge in [0.1, 0.15) is 0 Å². The smallest absolute Gasteiger partial charge is 0.396 e. The summed E-state index contributed by atoms with van der Waals surface area (Å²) in [5.74, 6) is -0.468. The molecule has 84 valence electrons. The third-order valence-electron chi connectivity index (χ3n) is 3.04. The van der Waals surface area contributed by atoms with Crippen molar-refractivity contribution in [1.82, 2.24) is 5.32 Å². The zero-order chi connectivity index (χ0) is 10.8. The van der Waals surface area contributed by atoms with E-state index in [9.17, 15) is 9.59 Å². The van der Waals surface area contributed by atoms with Crippen molar-refractivity contribution >= 4 is 11.9 Å². The van der Waals surface area contributed by atoms with E-state index in [0.717, 1.165) is 0 Å². The van der Waals surface area contributed by atoms with Crippen molar-refractivity contribution in [3.8, 4) is 0 Å². The molecule has 2 unspecified atom stereocenters. The van der Waals surface area contributed by atoms with Crippen molar-refractivity contribution in [3.63, 3.8) is 0 Å². The van der Waals surface area contributed by atoms with E-state index in [1.54, 1.807) is 0 Å². The average Bonchev–Trinajstić information content (AvgIpc) is 2.99. The van der Waals surface area contributed by atoms with Crippen LogP contribution in [0.3, 0.4) is 0 Å². The Hall–Kier alpha value is -1.10. The summed E-state index contributed by atoms with van der Waals surface area (Å²) < 4.78 is 9.66. The average molecular weight is 213 g/mol. The molecule has 5 heteroatoms. The highest BCUT2D eigenvalue weighted by Gasteiger charge is 2.41. The number of rotatable bonds is 2. The summed E-state index contributed by atoms with van der Waals surface area (Å²) in [5.41, 5.74) is 0. The van der Waals surface area contributed by atoms with E-state index in [-0.39, 0.29) is 6.04 Å². The maximum absolute atomic E-state index is 11.3. The molecule has 1 aliphatic heterocycles. The van der Waals surface area contributed by atoms with Crippen molar-refractivity contribution in [3.05, 3.63) is 0 Å². The van der Waals surface area contributed by atoms with Gasteiger partial charge in [-0.2, -0.15) is 0 Å². The van der Waals surface area contributed by atoms with Crippen LogP contribution in [0.15, 0.2) is 0 Å². The van der Waals surface area contributed by atoms with E-state index in [1.165, 1.54) is 20.0 Å². The van der Waals surface area contributed by atoms with Crippen LogP contribution < -0.4 is 5.32 Å². The number of methoxy groups -OCH3 is 1. The van der Waals surface area contributed by atoms with Crippen LogP contribution in [0.1, 0.15) is 12.8 Å². The second kappa shape index (κ2) is 4.18. The van der Waals surface area contributed by atoms with Gasteiger partial charge in [0.05, 0.1) is 26.4 Å². The molecule has 1 aliphatic carbocycles. The summed E-state index contributed by atoms with van der Waals surface area (Å²) >= 11 is 0. The minimum absolute atomic E-state index is 0.0240. The minimum atomic E-state index is -0.837. The number of nitrogens with one attached hydrogen (secondary N) is 1. The summed E-state index contributed by atoms with van der Waals surface area (Å²) in [5, 5.41) is 2.66. The van der Waals surface area contributed by atoms with Crippen molar-refractivity contribution in [1.29, 1.82) is 0 Å². The molecular formula is C10H15NO4. The van der Waals surface area contributed by atoms with Crippen LogP contribution in [-0.2, 0) is 19.1 Å². The molecule has 0 bridgehead atoms. The lowest BCUT2D eigenvalue weighted by Crippen LogP contribution is -2.44. The predicted octanol–water partition coefficient (Wildman–Crippen LogP) is -0.299. The lowest BCUT2D eigenvalue weighted by atomic mass is 9.98. The van der Waals surface area contributed by atoms with Gasteiger partial charge < -0.3 is 14.8 Å². The Balaban J connectivity index is 1.87. The highest BCUT2D eigenvalue weighted by atomic mass is 16.5. The van der Waals surface area contributed by atoms with Crippen LogP contribution in [0.5, 0.6) is 0 Å². The van der Waals surface area contributed by atoms with Crippen molar-refractivity contribution in [2.45, 2.75) is 18.9 Å². The molecule has 15 heavy (non-hydrogen) atoms. The second-order valence-electron chi connectivity index (χ2n) is 4.11. The molecule has 0 aromatic heterocycles. The summed E-state index contributed by atoms with van der Waals surface area (Å²) in [6.45, 7) is 1.20. The van der Waals surface area contributed by atoms with Gasteiger partial charge in [-0.3, -0.25) is 4.79 Å². The van der Waals surface area contributed by atoms with Crippen LogP contribution >= 0.6 is 0 Å². The lowest BCUT2D eigenvalue weighted by Gasteiger charge is -2.17. The van der Waals surface area contributed by atoms with Crippen LogP contribution in [0, 0.1) is 11.8 Å². The Bertz CT molecular complexity index is 275. The maximum atomic E-state index is 11.3. The number of hydrogen-bond acceptors (Lipinski definition) is 4. The topological polar surface area (TPSA) is 64.6 Å². The number of hydrogen-bond donors (Lipinski definition) is 1. The molecule has 0 aromatic carbocycles. The Labute approximate surface area is 88.1 Å². The summed E-state index contributed by atoms with van der Waals surface area (Å²) in [6, 6.07) is -0.0240. The molecule has 1 amide bonds. The molecule has 1 N–H and O–H groups in total. The number of amides is 1. The van der Waals surface area contributed by atoms with E-state index in [2.05, 4.69) is 10.1 Å². The van der Waals surface area contributed by atoms with Gasteiger partial charge in [-0.05, 0) is 18.8 Å². The van der Waals surface area contributed by atoms with Crippen LogP contribution in [-0.4, -0.2) is 38.2 Å². The van der Waals surface area contributed by atoms with Gasteiger partial charge in [0.25, 0.3) is 0 Å². The highest BCUT2D eigenvalue weighted by Crippen LogP contribution is 2.40. The normalized spacial score (nSPS) is 29.9. The number of esters is 1. The fourth-order valence-electron chi connectivity index (χ4n) is 2.03. The molecule has 2 atom stereocenters. The SMILES string of the molecule is COC(=O)C(=O)NC1COCC1C1CC1. The Morgan fingerprint density at radius 2 is 2.07 bits per heavy atom. The van der Waals surface area contributed by atoms with Gasteiger partial charge in [0.2, 0.25) is 0 Å². The fourth-order valence-corrected chi connectivity index (χ4v) is 2.03. The molecule has 1 heterocycles. The monoisotopic (exact) mass is 213 g/mol. The highest BCUT2D eigenvalue weighted by molar-refractivity contribution is 6.32. The lowest BCUT2D eigenvalue weighted by molar-refractivity contribution is -0.153. The van der Waals surface area contributed by atoms with Crippen LogP contribution in [0.2, 0.25) is 0 Å². The standard InChI is InChI=1S/C10H15NO4/c1-14-10(13)9(12)11-8-5-15-4-7(8)6-2-3-6/h6-8H,2-5H2,1H3,(H,11,12). The van der Waals surface area contributed by atoms with Gasteiger partial charge >= 0.3 is 11.9 Å². The molecule has 5 nitrogen and oxygen atoms in total. The summed E-state index contributed by atoms with van der Waals surface area (Å²) in [4.78, 5) is 22.2. The van der Waals surface area contributed by atoms with E-state index < -0.39 is 11.9 Å². The molecule has 0 radical (unpaired) electrons. The zero-order valence-corrected chi connectivity index (χ0v) is 8.69. The number of carbonyl (C=O) groups is 2. The van der Waals surface area contributed by atoms with Gasteiger partial charge in [0, 0.05) is 5.92 Å². The summed E-state index contributed by atoms with van der Waals surface area (Å²) in [6.07, 6.45) is 2.41. The van der Waals surface area contributed by atoms with Gasteiger partial charge in [-0.15, -0.1) is 0 Å². The molecule has 1 saturated heterocycles. The van der Waals surface area contributed by atoms with Gasteiger partial charge in [-0.1, -0.05) is 0 Å². The Kier molecular flexibility index (Phi) is 2.90. The third-order valence-corrected chi connectivity index (χ3v) is 3.04. The molecule has 2 rings (SSSR count). The molecule has 1 saturated carbocycles. The number of ether oxygens (including phenoxy) is 2. The van der Waals surface area contributed by atoms with Crippen molar-refractivity contribution < 1.29 is 19.1 Å². The second-order valence-corrected chi connectivity index (χ2v) is 4.11. The molecule has 0 spiro atoms. The zero-order valence-electron chi connectivity index (χ0n) is 8.69. The van der Waals surface area contributed by atoms with E-state index >= 15 is 0 Å². The Morgan fingerprint density at radius 1 is 1.33 bits per heavy atom. The quantitative estimate of drug-likeness (QED) is 0.505. The molecule has 2 fully saturated rings. The Morgan fingerprint density at radius 3 is 2.67 bits per heavy atom. The van der Waals surface area contributed by atoms with Gasteiger partial charge in [0.15, 0.2) is 0 Å². The van der Waals surface area contributed by atoms with Crippen LogP contribution in [0.4, 0.5) is 0 Å². The third kappa shape index (κ3) is 2.28.